The summed E-state index contributed by atoms with van der Waals surface area (Å²) in [5.41, 5.74) is 2.06. The van der Waals surface area contributed by atoms with Crippen molar-refractivity contribution in [2.75, 3.05) is 5.32 Å². The Hall–Kier alpha value is -1.43. The molecular formula is C13H10BrCl2N3O. The highest BCUT2D eigenvalue weighted by Crippen LogP contribution is 2.32. The number of hydrogen-bond donors (Lipinski definition) is 3. The highest BCUT2D eigenvalue weighted by atomic mass is 79.9. The molecule has 7 heteroatoms. The highest BCUT2D eigenvalue weighted by molar-refractivity contribution is 8.93. The van der Waals surface area contributed by atoms with E-state index in [0.717, 1.165) is 11.0 Å². The average molecular weight is 375 g/mol. The lowest BCUT2D eigenvalue weighted by molar-refractivity contribution is 0.476. The van der Waals surface area contributed by atoms with Gasteiger partial charge in [-0.2, -0.15) is 0 Å². The molecule has 2 aromatic carbocycles. The molecule has 0 bridgehead atoms. The molecule has 0 aliphatic heterocycles. The Morgan fingerprint density at radius 1 is 1.10 bits per heavy atom. The number of hydrogen-bond acceptors (Lipinski definition) is 3. The molecule has 20 heavy (non-hydrogen) atoms. The fourth-order valence-corrected chi connectivity index (χ4v) is 2.28. The number of phenolic OH excluding ortho intramolecular Hbond substituents is 1. The van der Waals surface area contributed by atoms with Crippen molar-refractivity contribution in [1.29, 1.82) is 0 Å². The average Bonchev–Trinajstić information content (AvgIpc) is 2.75. The van der Waals surface area contributed by atoms with Gasteiger partial charge in [0.15, 0.2) is 0 Å². The summed E-state index contributed by atoms with van der Waals surface area (Å²) in [7, 11) is 0. The molecule has 3 aromatic rings. The first-order valence-electron chi connectivity index (χ1n) is 5.53. The first kappa shape index (κ1) is 15.0. The first-order valence-corrected chi connectivity index (χ1v) is 6.29. The number of aromatic amines is 1. The molecule has 3 rings (SSSR count). The number of phenols is 1. The molecule has 1 aromatic heterocycles. The summed E-state index contributed by atoms with van der Waals surface area (Å²) in [5, 5.41) is 13.5. The summed E-state index contributed by atoms with van der Waals surface area (Å²) in [4.78, 5) is 7.38. The lowest BCUT2D eigenvalue weighted by Crippen LogP contribution is -1.93. The van der Waals surface area contributed by atoms with Crippen LogP contribution in [0.1, 0.15) is 0 Å². The molecule has 0 fully saturated rings. The van der Waals surface area contributed by atoms with E-state index in [0.29, 0.717) is 21.7 Å². The Morgan fingerprint density at radius 3 is 2.50 bits per heavy atom. The largest absolute Gasteiger partial charge is 0.508 e. The van der Waals surface area contributed by atoms with Crippen molar-refractivity contribution in [3.05, 3.63) is 46.4 Å². The van der Waals surface area contributed by atoms with Crippen molar-refractivity contribution in [1.82, 2.24) is 9.97 Å². The van der Waals surface area contributed by atoms with E-state index in [1.54, 1.807) is 36.4 Å². The van der Waals surface area contributed by atoms with Crippen LogP contribution in [-0.2, 0) is 0 Å². The van der Waals surface area contributed by atoms with Crippen LogP contribution in [0.3, 0.4) is 0 Å². The molecule has 0 saturated heterocycles. The second-order valence-electron chi connectivity index (χ2n) is 4.01. The number of rotatable bonds is 2. The Labute approximate surface area is 135 Å². The quantitative estimate of drug-likeness (QED) is 0.598. The monoisotopic (exact) mass is 373 g/mol. The predicted octanol–water partition coefficient (Wildman–Crippen LogP) is 4.90. The summed E-state index contributed by atoms with van der Waals surface area (Å²) in [6, 6.07) is 10.2. The number of halogens is 3. The summed E-state index contributed by atoms with van der Waals surface area (Å²) in [5.74, 6) is 0.689. The molecule has 0 aliphatic rings. The number of benzene rings is 2. The maximum atomic E-state index is 9.41. The van der Waals surface area contributed by atoms with Crippen molar-refractivity contribution in [2.45, 2.75) is 0 Å². The van der Waals surface area contributed by atoms with Crippen molar-refractivity contribution in [2.24, 2.45) is 0 Å². The summed E-state index contributed by atoms with van der Waals surface area (Å²) >= 11 is 12.1. The summed E-state index contributed by atoms with van der Waals surface area (Å²) in [6.45, 7) is 0. The summed E-state index contributed by atoms with van der Waals surface area (Å²) < 4.78 is 0. The molecule has 0 aliphatic carbocycles. The normalized spacial score (nSPS) is 10.3. The molecule has 4 nitrogen and oxygen atoms in total. The first-order chi connectivity index (χ1) is 9.13. The van der Waals surface area contributed by atoms with Crippen LogP contribution in [0.15, 0.2) is 36.4 Å². The zero-order chi connectivity index (χ0) is 13.4. The van der Waals surface area contributed by atoms with Crippen LogP contribution in [0.4, 0.5) is 11.6 Å². The van der Waals surface area contributed by atoms with E-state index in [1.807, 2.05) is 0 Å². The van der Waals surface area contributed by atoms with Gasteiger partial charge in [0.2, 0.25) is 5.95 Å². The maximum Gasteiger partial charge on any atom is 0.205 e. The number of aromatic nitrogens is 2. The lowest BCUT2D eigenvalue weighted by atomic mass is 10.3. The Kier molecular flexibility index (Phi) is 4.42. The third-order valence-electron chi connectivity index (χ3n) is 2.67. The van der Waals surface area contributed by atoms with Crippen LogP contribution in [0.5, 0.6) is 5.75 Å². The predicted molar refractivity (Wildman–Crippen MR) is 87.8 cm³/mol. The lowest BCUT2D eigenvalue weighted by Gasteiger charge is -2.06. The van der Waals surface area contributed by atoms with Gasteiger partial charge in [-0.15, -0.1) is 17.0 Å². The van der Waals surface area contributed by atoms with Gasteiger partial charge in [0, 0.05) is 6.07 Å². The zero-order valence-electron chi connectivity index (χ0n) is 10.0. The molecular weight excluding hydrogens is 365 g/mol. The molecule has 0 radical (unpaired) electrons. The number of nitrogens with zero attached hydrogens (tertiary/aromatic N) is 1. The molecule has 0 unspecified atom stereocenters. The van der Waals surface area contributed by atoms with E-state index in [2.05, 4.69) is 15.3 Å². The standard InChI is InChI=1S/C13H9Cl2N3O.BrH/c14-8-2-1-3-9(15)12(8)18-13-16-10-5-4-7(19)6-11(10)17-13;/h1-6,19H,(H2,16,17,18);1H. The van der Waals surface area contributed by atoms with Crippen molar-refractivity contribution in [3.63, 3.8) is 0 Å². The van der Waals surface area contributed by atoms with Crippen molar-refractivity contribution in [3.8, 4) is 5.75 Å². The molecule has 0 amide bonds. The number of aromatic hydroxyl groups is 1. The topological polar surface area (TPSA) is 60.9 Å². The number of para-hydroxylation sites is 1. The number of fused-ring (bicyclic) bond motifs is 1. The minimum Gasteiger partial charge on any atom is -0.508 e. The SMILES string of the molecule is Br.Oc1ccc2nc(Nc3c(Cl)cccc3Cl)[nH]c2c1. The van der Waals surface area contributed by atoms with Gasteiger partial charge >= 0.3 is 0 Å². The van der Waals surface area contributed by atoms with E-state index < -0.39 is 0 Å². The van der Waals surface area contributed by atoms with Gasteiger partial charge in [-0.1, -0.05) is 29.3 Å². The van der Waals surface area contributed by atoms with Gasteiger partial charge in [-0.25, -0.2) is 4.98 Å². The van der Waals surface area contributed by atoms with E-state index in [4.69, 9.17) is 23.2 Å². The Balaban J connectivity index is 0.00000147. The summed E-state index contributed by atoms with van der Waals surface area (Å²) in [6.07, 6.45) is 0. The van der Waals surface area contributed by atoms with Crippen molar-refractivity contribution < 1.29 is 5.11 Å². The van der Waals surface area contributed by atoms with Gasteiger partial charge in [0.1, 0.15) is 5.75 Å². The molecule has 3 N–H and O–H groups in total. The number of imidazole rings is 1. The van der Waals surface area contributed by atoms with Crippen LogP contribution in [-0.4, -0.2) is 15.1 Å². The van der Waals surface area contributed by atoms with Crippen LogP contribution >= 0.6 is 40.2 Å². The van der Waals surface area contributed by atoms with E-state index in [1.165, 1.54) is 0 Å². The smallest absolute Gasteiger partial charge is 0.205 e. The third kappa shape index (κ3) is 2.85. The maximum absolute atomic E-state index is 9.41. The minimum absolute atomic E-state index is 0. The van der Waals surface area contributed by atoms with Gasteiger partial charge < -0.3 is 15.4 Å². The van der Waals surface area contributed by atoms with Crippen LogP contribution in [0.25, 0.3) is 11.0 Å². The number of anilines is 2. The van der Waals surface area contributed by atoms with Gasteiger partial charge in [-0.05, 0) is 24.3 Å². The minimum atomic E-state index is 0. The molecule has 0 spiro atoms. The highest BCUT2D eigenvalue weighted by Gasteiger charge is 2.08. The van der Waals surface area contributed by atoms with Gasteiger partial charge in [-0.3, -0.25) is 0 Å². The number of H-pyrrole nitrogens is 1. The molecule has 104 valence electrons. The van der Waals surface area contributed by atoms with E-state index in [-0.39, 0.29) is 22.7 Å². The van der Waals surface area contributed by atoms with Crippen LogP contribution < -0.4 is 5.32 Å². The second kappa shape index (κ2) is 5.91. The molecule has 1 heterocycles. The van der Waals surface area contributed by atoms with Crippen LogP contribution in [0, 0.1) is 0 Å². The third-order valence-corrected chi connectivity index (χ3v) is 3.30. The second-order valence-corrected chi connectivity index (χ2v) is 4.82. The fraction of sp³-hybridized carbons (Fsp3) is 0. The fourth-order valence-electron chi connectivity index (χ4n) is 1.79. The molecule has 0 atom stereocenters. The Bertz CT molecular complexity index is 740. The number of nitrogens with one attached hydrogen (secondary N) is 2. The zero-order valence-corrected chi connectivity index (χ0v) is 13.2. The van der Waals surface area contributed by atoms with Gasteiger partial charge in [0.05, 0.1) is 26.8 Å². The van der Waals surface area contributed by atoms with Gasteiger partial charge in [0.25, 0.3) is 0 Å². The molecule has 0 saturated carbocycles. The van der Waals surface area contributed by atoms with E-state index >= 15 is 0 Å². The van der Waals surface area contributed by atoms with Crippen molar-refractivity contribution >= 4 is 62.9 Å². The Morgan fingerprint density at radius 2 is 1.80 bits per heavy atom. The van der Waals surface area contributed by atoms with E-state index in [9.17, 15) is 5.11 Å². The van der Waals surface area contributed by atoms with Crippen LogP contribution in [0.2, 0.25) is 10.0 Å².